The first-order valence-corrected chi connectivity index (χ1v) is 12.1. The van der Waals surface area contributed by atoms with Crippen molar-refractivity contribution in [3.63, 3.8) is 0 Å². The average Bonchev–Trinajstić information content (AvgIpc) is 3.06. The van der Waals surface area contributed by atoms with Crippen molar-refractivity contribution in [1.29, 1.82) is 0 Å². The third-order valence-electron chi connectivity index (χ3n) is 6.40. The minimum Gasteiger partial charge on any atom is -0.322 e. The van der Waals surface area contributed by atoms with Crippen molar-refractivity contribution >= 4 is 27.8 Å². The first-order chi connectivity index (χ1) is 13.3. The largest absolute Gasteiger partial charge is 0.393 e. The van der Waals surface area contributed by atoms with Gasteiger partial charge in [-0.3, -0.25) is 4.90 Å². The molecule has 0 spiro atoms. The van der Waals surface area contributed by atoms with Gasteiger partial charge in [-0.15, -0.1) is 11.8 Å². The summed E-state index contributed by atoms with van der Waals surface area (Å²) in [5.74, 6) is -1.90. The molecule has 4 aliphatic rings. The number of carbonyl (C=O) groups excluding carboxylic acids is 1. The molecule has 0 aromatic heterocycles. The highest BCUT2D eigenvalue weighted by atomic mass is 32.2. The number of likely N-dealkylation sites (N-methyl/N-ethyl adjacent to an activating group) is 1. The van der Waals surface area contributed by atoms with Gasteiger partial charge in [-0.1, -0.05) is 0 Å². The number of sulfonamides is 1. The van der Waals surface area contributed by atoms with E-state index >= 15 is 0 Å². The number of alkyl halides is 3. The number of hydrogen-bond donors (Lipinski definition) is 3. The van der Waals surface area contributed by atoms with E-state index in [1.54, 1.807) is 6.92 Å². The molecule has 2 saturated carbocycles. The predicted octanol–water partition coefficient (Wildman–Crippen LogP) is 1.37. The number of thioether (sulfide) groups is 1. The number of amides is 2. The number of hydrazine groups is 1. The molecule has 6 atom stereocenters. The van der Waals surface area contributed by atoms with Crippen LogP contribution in [0.4, 0.5) is 18.0 Å². The fourth-order valence-electron chi connectivity index (χ4n) is 4.61. The van der Waals surface area contributed by atoms with Crippen LogP contribution < -0.4 is 15.6 Å². The number of halogens is 3. The third kappa shape index (κ3) is 3.84. The fourth-order valence-corrected chi connectivity index (χ4v) is 7.62. The molecule has 13 heteroatoms. The molecule has 4 rings (SSSR count). The fraction of sp³-hybridized carbons (Fsp3) is 0.938. The molecule has 2 heterocycles. The molecule has 2 aliphatic heterocycles. The van der Waals surface area contributed by atoms with Crippen molar-refractivity contribution in [2.24, 2.45) is 5.92 Å². The molecule has 3 N–H and O–H groups in total. The van der Waals surface area contributed by atoms with Crippen LogP contribution in [0.1, 0.15) is 39.5 Å². The quantitative estimate of drug-likeness (QED) is 0.591. The van der Waals surface area contributed by atoms with Crippen LogP contribution in [0.2, 0.25) is 0 Å². The Labute approximate surface area is 172 Å². The summed E-state index contributed by atoms with van der Waals surface area (Å²) in [4.78, 5) is 15.4. The van der Waals surface area contributed by atoms with Gasteiger partial charge in [0.2, 0.25) is 10.0 Å². The summed E-state index contributed by atoms with van der Waals surface area (Å²) < 4.78 is 70.3. The van der Waals surface area contributed by atoms with E-state index in [0.717, 1.165) is 4.90 Å². The van der Waals surface area contributed by atoms with Gasteiger partial charge >= 0.3 is 12.2 Å². The van der Waals surface area contributed by atoms with Gasteiger partial charge in [-0.25, -0.2) is 28.8 Å². The normalized spacial score (nSPS) is 39.7. The lowest BCUT2D eigenvalue weighted by Crippen LogP contribution is -2.58. The van der Waals surface area contributed by atoms with Crippen LogP contribution >= 0.6 is 11.8 Å². The molecule has 0 aromatic carbocycles. The van der Waals surface area contributed by atoms with Crippen molar-refractivity contribution in [2.45, 2.75) is 79.5 Å². The SMILES string of the molecule is CC1NNC(N2C(=O)N(C)C3C2CC(S(=O)(=O)NC2(C)CC2)CC3C(F)(F)F)S1. The number of carbonyl (C=O) groups is 1. The Morgan fingerprint density at radius 1 is 1.24 bits per heavy atom. The number of fused-ring (bicyclic) bond motifs is 1. The molecule has 166 valence electrons. The Kier molecular flexibility index (Phi) is 5.09. The molecule has 2 aliphatic carbocycles. The highest BCUT2D eigenvalue weighted by molar-refractivity contribution is 8.00. The lowest BCUT2D eigenvalue weighted by Gasteiger charge is -2.42. The van der Waals surface area contributed by atoms with Gasteiger partial charge in [0, 0.05) is 12.6 Å². The number of nitrogens with zero attached hydrogens (tertiary/aromatic N) is 2. The van der Waals surface area contributed by atoms with Crippen LogP contribution in [-0.4, -0.2) is 71.2 Å². The van der Waals surface area contributed by atoms with Crippen LogP contribution in [0.5, 0.6) is 0 Å². The minimum absolute atomic E-state index is 0.0220. The maximum atomic E-state index is 14.0. The van der Waals surface area contributed by atoms with Crippen molar-refractivity contribution in [3.05, 3.63) is 0 Å². The highest BCUT2D eigenvalue weighted by Gasteiger charge is 2.62. The van der Waals surface area contributed by atoms with E-state index in [-0.39, 0.29) is 11.8 Å². The summed E-state index contributed by atoms with van der Waals surface area (Å²) >= 11 is 1.37. The number of hydrogen-bond acceptors (Lipinski definition) is 6. The van der Waals surface area contributed by atoms with Gasteiger partial charge in [0.1, 0.15) is 5.50 Å². The van der Waals surface area contributed by atoms with E-state index in [4.69, 9.17) is 0 Å². The number of rotatable bonds is 4. The first-order valence-electron chi connectivity index (χ1n) is 9.63. The zero-order valence-electron chi connectivity index (χ0n) is 16.4. The van der Waals surface area contributed by atoms with Crippen LogP contribution in [-0.2, 0) is 10.0 Å². The summed E-state index contributed by atoms with van der Waals surface area (Å²) in [6.45, 7) is 3.62. The Morgan fingerprint density at radius 3 is 2.41 bits per heavy atom. The van der Waals surface area contributed by atoms with E-state index in [9.17, 15) is 26.4 Å². The van der Waals surface area contributed by atoms with Crippen LogP contribution in [0.15, 0.2) is 0 Å². The van der Waals surface area contributed by atoms with Gasteiger partial charge in [-0.05, 0) is 39.5 Å². The number of urea groups is 1. The molecular formula is C16H26F3N5O3S2. The molecular weight excluding hydrogens is 431 g/mol. The second kappa shape index (κ2) is 6.87. The molecule has 4 fully saturated rings. The molecule has 2 amide bonds. The zero-order chi connectivity index (χ0) is 21.4. The molecule has 29 heavy (non-hydrogen) atoms. The first kappa shape index (κ1) is 21.5. The van der Waals surface area contributed by atoms with Crippen molar-refractivity contribution < 1.29 is 26.4 Å². The maximum Gasteiger partial charge on any atom is 0.393 e. The second-order valence-electron chi connectivity index (χ2n) is 8.73. The molecule has 0 aromatic rings. The summed E-state index contributed by atoms with van der Waals surface area (Å²) in [5, 5.41) is -1.23. The Bertz CT molecular complexity index is 791. The van der Waals surface area contributed by atoms with E-state index < -0.39 is 62.9 Å². The monoisotopic (exact) mass is 457 g/mol. The van der Waals surface area contributed by atoms with E-state index in [1.807, 2.05) is 6.92 Å². The molecule has 6 unspecified atom stereocenters. The van der Waals surface area contributed by atoms with Crippen molar-refractivity contribution in [3.8, 4) is 0 Å². The third-order valence-corrected chi connectivity index (χ3v) is 9.57. The molecule has 2 saturated heterocycles. The summed E-state index contributed by atoms with van der Waals surface area (Å²) in [5.41, 5.74) is 4.76. The summed E-state index contributed by atoms with van der Waals surface area (Å²) in [6.07, 6.45) is -3.82. The van der Waals surface area contributed by atoms with E-state index in [0.29, 0.717) is 12.8 Å². The molecule has 0 radical (unpaired) electrons. The standard InChI is InChI=1S/C16H26F3N5O3S2/c1-8-20-21-13(28-8)24-11-7-9(29(26,27)22-15(2)4-5-15)6-10(16(17,18)19)12(11)23(3)14(24)25/h8-13,20-22H,4-7H2,1-3H3. The van der Waals surface area contributed by atoms with Gasteiger partial charge < -0.3 is 4.90 Å². The second-order valence-corrected chi connectivity index (χ2v) is 12.1. The Balaban J connectivity index is 1.67. The lowest BCUT2D eigenvalue weighted by molar-refractivity contribution is -0.195. The minimum atomic E-state index is -4.60. The highest BCUT2D eigenvalue weighted by Crippen LogP contribution is 2.48. The summed E-state index contributed by atoms with van der Waals surface area (Å²) in [6, 6.07) is -2.47. The smallest absolute Gasteiger partial charge is 0.322 e. The van der Waals surface area contributed by atoms with E-state index in [2.05, 4.69) is 15.6 Å². The van der Waals surface area contributed by atoms with Crippen molar-refractivity contribution in [2.75, 3.05) is 7.05 Å². The van der Waals surface area contributed by atoms with Crippen molar-refractivity contribution in [1.82, 2.24) is 25.4 Å². The van der Waals surface area contributed by atoms with Gasteiger partial charge in [0.25, 0.3) is 0 Å². The van der Waals surface area contributed by atoms with Gasteiger partial charge in [0.05, 0.1) is 28.6 Å². The molecule has 8 nitrogen and oxygen atoms in total. The maximum absolute atomic E-state index is 14.0. The topological polar surface area (TPSA) is 93.8 Å². The Morgan fingerprint density at radius 2 is 1.90 bits per heavy atom. The average molecular weight is 458 g/mol. The summed E-state index contributed by atoms with van der Waals surface area (Å²) in [7, 11) is -2.58. The number of nitrogens with one attached hydrogen (secondary N) is 3. The lowest BCUT2D eigenvalue weighted by atomic mass is 9.80. The Hall–Kier alpha value is -0.760. The van der Waals surface area contributed by atoms with Crippen LogP contribution in [0, 0.1) is 5.92 Å². The van der Waals surface area contributed by atoms with Gasteiger partial charge in [0.15, 0.2) is 0 Å². The zero-order valence-corrected chi connectivity index (χ0v) is 18.0. The van der Waals surface area contributed by atoms with Gasteiger partial charge in [-0.2, -0.15) is 13.2 Å². The van der Waals surface area contributed by atoms with Crippen LogP contribution in [0.3, 0.4) is 0 Å². The molecule has 0 bridgehead atoms. The predicted molar refractivity (Wildman–Crippen MR) is 102 cm³/mol. The van der Waals surface area contributed by atoms with Crippen LogP contribution in [0.25, 0.3) is 0 Å². The van der Waals surface area contributed by atoms with E-state index in [1.165, 1.54) is 23.7 Å².